The van der Waals surface area contributed by atoms with E-state index >= 15 is 0 Å². The normalized spacial score (nSPS) is 15.5. The molecule has 0 heterocycles. The van der Waals surface area contributed by atoms with Gasteiger partial charge in [-0.2, -0.15) is 0 Å². The van der Waals surface area contributed by atoms with Crippen molar-refractivity contribution in [2.75, 3.05) is 11.9 Å². The summed E-state index contributed by atoms with van der Waals surface area (Å²) >= 11 is 0. The Morgan fingerprint density at radius 1 is 1.08 bits per heavy atom. The van der Waals surface area contributed by atoms with Crippen LogP contribution >= 0.6 is 0 Å². The standard InChI is InChI=1S/C19H21FN2O3S/c1-2-13-21-26(24,25)17-9-7-16(8-10-17)22-18(23)19(11-12-19)14-3-5-15(20)6-4-14/h3-10,21H,2,11-13H2,1H3,(H,22,23). The Labute approximate surface area is 152 Å². The summed E-state index contributed by atoms with van der Waals surface area (Å²) in [5.41, 5.74) is 0.693. The molecule has 2 aromatic rings. The highest BCUT2D eigenvalue weighted by Crippen LogP contribution is 2.49. The molecule has 0 aromatic heterocycles. The van der Waals surface area contributed by atoms with Crippen LogP contribution in [0.15, 0.2) is 53.4 Å². The maximum Gasteiger partial charge on any atom is 0.240 e. The first-order valence-electron chi connectivity index (χ1n) is 8.55. The number of rotatable bonds is 7. The molecule has 0 aliphatic heterocycles. The topological polar surface area (TPSA) is 75.3 Å². The number of hydrogen-bond donors (Lipinski definition) is 2. The SMILES string of the molecule is CCCNS(=O)(=O)c1ccc(NC(=O)C2(c3ccc(F)cc3)CC2)cc1. The molecule has 26 heavy (non-hydrogen) atoms. The zero-order valence-corrected chi connectivity index (χ0v) is 15.3. The predicted molar refractivity (Wildman–Crippen MR) is 97.9 cm³/mol. The highest BCUT2D eigenvalue weighted by molar-refractivity contribution is 7.89. The summed E-state index contributed by atoms with van der Waals surface area (Å²) < 4.78 is 39.8. The number of carbonyl (C=O) groups excluding carboxylic acids is 1. The average Bonchev–Trinajstić information content (AvgIpc) is 3.43. The van der Waals surface area contributed by atoms with Crippen LogP contribution in [0, 0.1) is 5.82 Å². The van der Waals surface area contributed by atoms with Crippen LogP contribution in [0.2, 0.25) is 0 Å². The zero-order chi connectivity index (χ0) is 18.8. The van der Waals surface area contributed by atoms with Crippen LogP contribution in [0.5, 0.6) is 0 Å². The fraction of sp³-hybridized carbons (Fsp3) is 0.316. The van der Waals surface area contributed by atoms with Crippen molar-refractivity contribution >= 4 is 21.6 Å². The second-order valence-corrected chi connectivity index (χ2v) is 8.23. The third kappa shape index (κ3) is 3.78. The van der Waals surface area contributed by atoms with Crippen LogP contribution in [0.25, 0.3) is 0 Å². The molecule has 5 nitrogen and oxygen atoms in total. The number of nitrogens with one attached hydrogen (secondary N) is 2. The monoisotopic (exact) mass is 376 g/mol. The van der Waals surface area contributed by atoms with Gasteiger partial charge in [0.15, 0.2) is 0 Å². The molecule has 7 heteroatoms. The van der Waals surface area contributed by atoms with Gasteiger partial charge in [0.25, 0.3) is 0 Å². The molecule has 0 atom stereocenters. The van der Waals surface area contributed by atoms with E-state index in [-0.39, 0.29) is 16.6 Å². The van der Waals surface area contributed by atoms with Gasteiger partial charge < -0.3 is 5.32 Å². The fourth-order valence-electron chi connectivity index (χ4n) is 2.83. The maximum atomic E-state index is 13.1. The minimum Gasteiger partial charge on any atom is -0.325 e. The molecule has 3 rings (SSSR count). The van der Waals surface area contributed by atoms with Gasteiger partial charge in [-0.25, -0.2) is 17.5 Å². The van der Waals surface area contributed by atoms with Gasteiger partial charge in [0.05, 0.1) is 10.3 Å². The number of carbonyl (C=O) groups is 1. The van der Waals surface area contributed by atoms with Crippen molar-refractivity contribution in [1.29, 1.82) is 0 Å². The van der Waals surface area contributed by atoms with E-state index in [4.69, 9.17) is 0 Å². The van der Waals surface area contributed by atoms with Crippen molar-refractivity contribution in [2.24, 2.45) is 0 Å². The fourth-order valence-corrected chi connectivity index (χ4v) is 3.96. The molecule has 1 saturated carbocycles. The molecule has 0 unspecified atom stereocenters. The van der Waals surface area contributed by atoms with E-state index in [1.807, 2.05) is 6.92 Å². The Kier molecular flexibility index (Phi) is 5.11. The lowest BCUT2D eigenvalue weighted by atomic mass is 9.95. The van der Waals surface area contributed by atoms with Gasteiger partial charge >= 0.3 is 0 Å². The van der Waals surface area contributed by atoms with E-state index in [0.29, 0.717) is 31.5 Å². The molecule has 0 bridgehead atoms. The van der Waals surface area contributed by atoms with Gasteiger partial charge in [0, 0.05) is 12.2 Å². The number of benzene rings is 2. The van der Waals surface area contributed by atoms with E-state index in [2.05, 4.69) is 10.0 Å². The Bertz CT molecular complexity index is 889. The molecule has 1 aliphatic rings. The lowest BCUT2D eigenvalue weighted by Crippen LogP contribution is -2.28. The molecule has 0 saturated heterocycles. The van der Waals surface area contributed by atoms with Crippen molar-refractivity contribution in [3.63, 3.8) is 0 Å². The van der Waals surface area contributed by atoms with Gasteiger partial charge in [0.1, 0.15) is 5.82 Å². The molecule has 0 spiro atoms. The molecule has 1 amide bonds. The van der Waals surface area contributed by atoms with Crippen LogP contribution in [-0.2, 0) is 20.2 Å². The first-order chi connectivity index (χ1) is 12.4. The largest absolute Gasteiger partial charge is 0.325 e. The van der Waals surface area contributed by atoms with Crippen molar-refractivity contribution < 1.29 is 17.6 Å². The van der Waals surface area contributed by atoms with Crippen LogP contribution in [-0.4, -0.2) is 20.9 Å². The molecular formula is C19H21FN2O3S. The van der Waals surface area contributed by atoms with Crippen molar-refractivity contribution in [3.8, 4) is 0 Å². The first kappa shape index (κ1) is 18.5. The minimum atomic E-state index is -3.53. The number of hydrogen-bond acceptors (Lipinski definition) is 3. The smallest absolute Gasteiger partial charge is 0.240 e. The maximum absolute atomic E-state index is 13.1. The lowest BCUT2D eigenvalue weighted by Gasteiger charge is -2.16. The third-order valence-corrected chi connectivity index (χ3v) is 6.02. The summed E-state index contributed by atoms with van der Waals surface area (Å²) in [7, 11) is -3.53. The highest BCUT2D eigenvalue weighted by Gasteiger charge is 2.51. The summed E-state index contributed by atoms with van der Waals surface area (Å²) in [5.74, 6) is -0.498. The Morgan fingerprint density at radius 2 is 1.69 bits per heavy atom. The zero-order valence-electron chi connectivity index (χ0n) is 14.5. The Hall–Kier alpha value is -2.25. The number of halogens is 1. The molecule has 138 valence electrons. The van der Waals surface area contributed by atoms with Crippen LogP contribution in [0.3, 0.4) is 0 Å². The first-order valence-corrected chi connectivity index (χ1v) is 10.0. The predicted octanol–water partition coefficient (Wildman–Crippen LogP) is 3.18. The molecule has 1 fully saturated rings. The van der Waals surface area contributed by atoms with Crippen molar-refractivity contribution in [3.05, 3.63) is 59.9 Å². The number of anilines is 1. The number of sulfonamides is 1. The second-order valence-electron chi connectivity index (χ2n) is 6.47. The van der Waals surface area contributed by atoms with Crippen LogP contribution in [0.1, 0.15) is 31.7 Å². The van der Waals surface area contributed by atoms with Gasteiger partial charge in [-0.05, 0) is 61.2 Å². The summed E-state index contributed by atoms with van der Waals surface area (Å²) in [5, 5.41) is 2.83. The van der Waals surface area contributed by atoms with Gasteiger partial charge in [0.2, 0.25) is 15.9 Å². The molecule has 2 aromatic carbocycles. The van der Waals surface area contributed by atoms with Crippen LogP contribution < -0.4 is 10.0 Å². The highest BCUT2D eigenvalue weighted by atomic mass is 32.2. The van der Waals surface area contributed by atoms with E-state index in [0.717, 1.165) is 5.56 Å². The molecule has 1 aliphatic carbocycles. The van der Waals surface area contributed by atoms with E-state index < -0.39 is 15.4 Å². The van der Waals surface area contributed by atoms with Gasteiger partial charge in [-0.3, -0.25) is 4.79 Å². The molecule has 2 N–H and O–H groups in total. The summed E-state index contributed by atoms with van der Waals surface area (Å²) in [6, 6.07) is 12.0. The molecular weight excluding hydrogens is 355 g/mol. The van der Waals surface area contributed by atoms with E-state index in [1.54, 1.807) is 24.3 Å². The quantitative estimate of drug-likeness (QED) is 0.779. The summed E-state index contributed by atoms with van der Waals surface area (Å²) in [4.78, 5) is 12.8. The van der Waals surface area contributed by atoms with Crippen LogP contribution in [0.4, 0.5) is 10.1 Å². The van der Waals surface area contributed by atoms with Gasteiger partial charge in [-0.15, -0.1) is 0 Å². The second kappa shape index (κ2) is 7.17. The molecule has 0 radical (unpaired) electrons. The Morgan fingerprint density at radius 3 is 2.23 bits per heavy atom. The lowest BCUT2D eigenvalue weighted by molar-refractivity contribution is -0.118. The van der Waals surface area contributed by atoms with Crippen molar-refractivity contribution in [1.82, 2.24) is 4.72 Å². The van der Waals surface area contributed by atoms with Gasteiger partial charge in [-0.1, -0.05) is 19.1 Å². The average molecular weight is 376 g/mol. The van der Waals surface area contributed by atoms with E-state index in [9.17, 15) is 17.6 Å². The third-order valence-electron chi connectivity index (χ3n) is 4.55. The Balaban J connectivity index is 1.71. The summed E-state index contributed by atoms with van der Waals surface area (Å²) in [6.07, 6.45) is 2.12. The summed E-state index contributed by atoms with van der Waals surface area (Å²) in [6.45, 7) is 2.26. The van der Waals surface area contributed by atoms with E-state index in [1.165, 1.54) is 24.3 Å². The van der Waals surface area contributed by atoms with Crippen molar-refractivity contribution in [2.45, 2.75) is 36.5 Å². The minimum absolute atomic E-state index is 0.156. The number of amides is 1.